The van der Waals surface area contributed by atoms with Crippen LogP contribution in [0, 0.1) is 0 Å². The van der Waals surface area contributed by atoms with Crippen molar-refractivity contribution in [3.63, 3.8) is 0 Å². The molecule has 1 N–H and O–H groups in total. The van der Waals surface area contributed by atoms with Crippen LogP contribution in [0.1, 0.15) is 43.4 Å². The van der Waals surface area contributed by atoms with Crippen molar-refractivity contribution in [1.29, 1.82) is 0 Å². The van der Waals surface area contributed by atoms with Gasteiger partial charge in [0.2, 0.25) is 0 Å². The number of rotatable bonds is 2. The number of ether oxygens (including phenoxy) is 1. The Morgan fingerprint density at radius 3 is 3.00 bits per heavy atom. The number of aliphatic hydroxyl groups is 1. The predicted molar refractivity (Wildman–Crippen MR) is 67.8 cm³/mol. The number of hydrogen-bond donors (Lipinski definition) is 1. The first-order valence-corrected chi connectivity index (χ1v) is 6.65. The van der Waals surface area contributed by atoms with E-state index in [0.717, 1.165) is 41.5 Å². The summed E-state index contributed by atoms with van der Waals surface area (Å²) < 4.78 is 6.63. The van der Waals surface area contributed by atoms with E-state index in [0.29, 0.717) is 6.61 Å². The van der Waals surface area contributed by atoms with Crippen LogP contribution in [0.15, 0.2) is 16.6 Å². The molecule has 0 aliphatic heterocycles. The standard InChI is InChI=1S/C13H17BrO2/c1-2-16-12-8-7-10(14)13-9(12)5-3-4-6-11(13)15/h7-8,11,15H,2-6H2,1H3/t11-/m1/s1. The lowest BCUT2D eigenvalue weighted by molar-refractivity contribution is 0.165. The summed E-state index contributed by atoms with van der Waals surface area (Å²) in [5, 5.41) is 10.1. The molecule has 0 aromatic heterocycles. The Morgan fingerprint density at radius 2 is 2.25 bits per heavy atom. The summed E-state index contributed by atoms with van der Waals surface area (Å²) >= 11 is 3.53. The van der Waals surface area contributed by atoms with Crippen molar-refractivity contribution in [3.05, 3.63) is 27.7 Å². The molecule has 0 saturated heterocycles. The molecule has 1 aliphatic carbocycles. The van der Waals surface area contributed by atoms with E-state index < -0.39 is 0 Å². The Kier molecular flexibility index (Phi) is 3.87. The fourth-order valence-electron chi connectivity index (χ4n) is 2.31. The third-order valence-corrected chi connectivity index (χ3v) is 3.74. The average Bonchev–Trinajstić information content (AvgIpc) is 2.46. The summed E-state index contributed by atoms with van der Waals surface area (Å²) in [6.45, 7) is 2.66. The second-order valence-electron chi connectivity index (χ2n) is 4.13. The van der Waals surface area contributed by atoms with Gasteiger partial charge in [0.1, 0.15) is 5.75 Å². The van der Waals surface area contributed by atoms with Crippen LogP contribution in [0.4, 0.5) is 0 Å². The van der Waals surface area contributed by atoms with Crippen molar-refractivity contribution < 1.29 is 9.84 Å². The molecule has 16 heavy (non-hydrogen) atoms. The van der Waals surface area contributed by atoms with Crippen LogP contribution < -0.4 is 4.74 Å². The molecule has 0 fully saturated rings. The number of benzene rings is 1. The average molecular weight is 285 g/mol. The molecule has 3 heteroatoms. The monoisotopic (exact) mass is 284 g/mol. The van der Waals surface area contributed by atoms with Gasteiger partial charge in [-0.25, -0.2) is 0 Å². The zero-order chi connectivity index (χ0) is 11.5. The van der Waals surface area contributed by atoms with E-state index in [1.165, 1.54) is 5.56 Å². The number of fused-ring (bicyclic) bond motifs is 1. The van der Waals surface area contributed by atoms with E-state index in [4.69, 9.17) is 4.74 Å². The molecule has 2 rings (SSSR count). The van der Waals surface area contributed by atoms with Crippen molar-refractivity contribution in [1.82, 2.24) is 0 Å². The lowest BCUT2D eigenvalue weighted by Gasteiger charge is -2.17. The van der Waals surface area contributed by atoms with Gasteiger partial charge in [-0.3, -0.25) is 0 Å². The highest BCUT2D eigenvalue weighted by molar-refractivity contribution is 9.10. The highest BCUT2D eigenvalue weighted by Gasteiger charge is 2.22. The van der Waals surface area contributed by atoms with E-state index in [9.17, 15) is 5.11 Å². The fourth-order valence-corrected chi connectivity index (χ4v) is 2.94. The fraction of sp³-hybridized carbons (Fsp3) is 0.538. The molecule has 0 heterocycles. The maximum absolute atomic E-state index is 10.1. The smallest absolute Gasteiger partial charge is 0.122 e. The number of halogens is 1. The second kappa shape index (κ2) is 5.19. The molecule has 1 atom stereocenters. The number of hydrogen-bond acceptors (Lipinski definition) is 2. The quantitative estimate of drug-likeness (QED) is 0.841. The minimum Gasteiger partial charge on any atom is -0.494 e. The van der Waals surface area contributed by atoms with Gasteiger partial charge in [-0.15, -0.1) is 0 Å². The second-order valence-corrected chi connectivity index (χ2v) is 4.99. The van der Waals surface area contributed by atoms with Crippen LogP contribution in [0.5, 0.6) is 5.75 Å². The van der Waals surface area contributed by atoms with Crippen LogP contribution in [0.2, 0.25) is 0 Å². The third kappa shape index (κ3) is 2.25. The summed E-state index contributed by atoms with van der Waals surface area (Å²) in [6, 6.07) is 3.96. The van der Waals surface area contributed by atoms with Crippen molar-refractivity contribution in [2.24, 2.45) is 0 Å². The van der Waals surface area contributed by atoms with Crippen molar-refractivity contribution in [2.75, 3.05) is 6.61 Å². The maximum atomic E-state index is 10.1. The summed E-state index contributed by atoms with van der Waals surface area (Å²) in [5.74, 6) is 0.932. The Bertz CT molecular complexity index is 376. The van der Waals surface area contributed by atoms with Gasteiger partial charge >= 0.3 is 0 Å². The normalized spacial score (nSPS) is 20.1. The molecule has 0 saturated carbocycles. The highest BCUT2D eigenvalue weighted by Crippen LogP contribution is 2.38. The molecular formula is C13H17BrO2. The largest absolute Gasteiger partial charge is 0.494 e. The van der Waals surface area contributed by atoms with Gasteiger partial charge in [0, 0.05) is 15.6 Å². The molecule has 0 amide bonds. The predicted octanol–water partition coefficient (Wildman–Crippen LogP) is 3.61. The zero-order valence-corrected chi connectivity index (χ0v) is 11.1. The van der Waals surface area contributed by atoms with Crippen LogP contribution >= 0.6 is 15.9 Å². The van der Waals surface area contributed by atoms with Crippen LogP contribution in [-0.4, -0.2) is 11.7 Å². The molecule has 0 spiro atoms. The molecule has 0 unspecified atom stereocenters. The van der Waals surface area contributed by atoms with Gasteiger partial charge in [-0.1, -0.05) is 22.4 Å². The van der Waals surface area contributed by atoms with E-state index in [1.807, 2.05) is 19.1 Å². The van der Waals surface area contributed by atoms with Gasteiger partial charge in [0.25, 0.3) is 0 Å². The van der Waals surface area contributed by atoms with E-state index in [1.54, 1.807) is 0 Å². The third-order valence-electron chi connectivity index (χ3n) is 3.05. The first-order valence-electron chi connectivity index (χ1n) is 5.86. The molecule has 88 valence electrons. The maximum Gasteiger partial charge on any atom is 0.122 e. The summed E-state index contributed by atoms with van der Waals surface area (Å²) in [6.07, 6.45) is 3.70. The molecule has 1 aliphatic rings. The Balaban J connectivity index is 2.48. The minimum absolute atomic E-state index is 0.354. The van der Waals surface area contributed by atoms with Crippen LogP contribution in [-0.2, 0) is 6.42 Å². The van der Waals surface area contributed by atoms with Gasteiger partial charge in [-0.2, -0.15) is 0 Å². The lowest BCUT2D eigenvalue weighted by Crippen LogP contribution is -2.04. The molecule has 1 aromatic carbocycles. The Morgan fingerprint density at radius 1 is 1.44 bits per heavy atom. The van der Waals surface area contributed by atoms with Crippen molar-refractivity contribution in [3.8, 4) is 5.75 Å². The van der Waals surface area contributed by atoms with E-state index in [2.05, 4.69) is 15.9 Å². The molecular weight excluding hydrogens is 268 g/mol. The summed E-state index contributed by atoms with van der Waals surface area (Å²) in [5.41, 5.74) is 2.21. The van der Waals surface area contributed by atoms with Crippen LogP contribution in [0.25, 0.3) is 0 Å². The number of aliphatic hydroxyl groups excluding tert-OH is 1. The lowest BCUT2D eigenvalue weighted by atomic mass is 10.00. The van der Waals surface area contributed by atoms with Gasteiger partial charge in [0.05, 0.1) is 12.7 Å². The van der Waals surface area contributed by atoms with Gasteiger partial charge in [0.15, 0.2) is 0 Å². The minimum atomic E-state index is -0.354. The molecule has 2 nitrogen and oxygen atoms in total. The van der Waals surface area contributed by atoms with Crippen molar-refractivity contribution >= 4 is 15.9 Å². The highest BCUT2D eigenvalue weighted by atomic mass is 79.9. The van der Waals surface area contributed by atoms with Gasteiger partial charge in [-0.05, 0) is 38.3 Å². The molecule has 0 radical (unpaired) electrons. The summed E-state index contributed by atoms with van der Waals surface area (Å²) in [7, 11) is 0. The van der Waals surface area contributed by atoms with Crippen LogP contribution in [0.3, 0.4) is 0 Å². The molecule has 0 bridgehead atoms. The SMILES string of the molecule is CCOc1ccc(Br)c2c1CCCC[C@H]2O. The first kappa shape index (κ1) is 11.9. The Hall–Kier alpha value is -0.540. The van der Waals surface area contributed by atoms with Crippen molar-refractivity contribution in [2.45, 2.75) is 38.7 Å². The Labute approximate surface area is 105 Å². The zero-order valence-electron chi connectivity index (χ0n) is 9.50. The van der Waals surface area contributed by atoms with E-state index >= 15 is 0 Å². The first-order chi connectivity index (χ1) is 7.74. The molecule has 1 aromatic rings. The van der Waals surface area contributed by atoms with E-state index in [-0.39, 0.29) is 6.10 Å². The topological polar surface area (TPSA) is 29.5 Å². The van der Waals surface area contributed by atoms with Gasteiger partial charge < -0.3 is 9.84 Å². The summed E-state index contributed by atoms with van der Waals surface area (Å²) in [4.78, 5) is 0.